The Bertz CT molecular complexity index is 1160. The van der Waals surface area contributed by atoms with Crippen molar-refractivity contribution in [2.24, 2.45) is 0 Å². The third-order valence-corrected chi connectivity index (χ3v) is 4.75. The lowest BCUT2D eigenvalue weighted by Crippen LogP contribution is -2.12. The highest BCUT2D eigenvalue weighted by Gasteiger charge is 2.13. The molecule has 162 valence electrons. The van der Waals surface area contributed by atoms with Gasteiger partial charge in [0, 0.05) is 5.56 Å². The molecule has 0 aliphatic carbocycles. The highest BCUT2D eigenvalue weighted by molar-refractivity contribution is 5.92. The van der Waals surface area contributed by atoms with Crippen molar-refractivity contribution in [3.8, 4) is 29.1 Å². The maximum absolute atomic E-state index is 12.4. The molecule has 3 aromatic rings. The molecule has 0 amide bonds. The van der Waals surface area contributed by atoms with Crippen LogP contribution in [0.4, 0.5) is 0 Å². The van der Waals surface area contributed by atoms with Gasteiger partial charge in [-0.05, 0) is 53.6 Å². The largest absolute Gasteiger partial charge is 0.497 e. The van der Waals surface area contributed by atoms with E-state index < -0.39 is 5.97 Å². The number of carbonyl (C=O) groups is 1. The minimum Gasteiger partial charge on any atom is -0.497 e. The Morgan fingerprint density at radius 3 is 2.25 bits per heavy atom. The van der Waals surface area contributed by atoms with Gasteiger partial charge in [-0.25, -0.2) is 0 Å². The van der Waals surface area contributed by atoms with Gasteiger partial charge in [-0.2, -0.15) is 5.26 Å². The summed E-state index contributed by atoms with van der Waals surface area (Å²) >= 11 is 0. The molecular weight excluding hydrogens is 406 g/mol. The number of nitriles is 1. The van der Waals surface area contributed by atoms with Crippen LogP contribution in [0.1, 0.15) is 16.7 Å². The molecule has 0 saturated carbocycles. The van der Waals surface area contributed by atoms with Crippen LogP contribution in [0.5, 0.6) is 23.0 Å². The van der Waals surface area contributed by atoms with Crippen molar-refractivity contribution in [2.45, 2.75) is 6.42 Å². The second-order valence-electron chi connectivity index (χ2n) is 6.78. The van der Waals surface area contributed by atoms with Gasteiger partial charge in [-0.15, -0.1) is 0 Å². The van der Waals surface area contributed by atoms with Crippen LogP contribution in [-0.2, 0) is 11.2 Å². The van der Waals surface area contributed by atoms with Crippen LogP contribution in [0.2, 0.25) is 0 Å². The van der Waals surface area contributed by atoms with Crippen molar-refractivity contribution in [1.82, 2.24) is 0 Å². The summed E-state index contributed by atoms with van der Waals surface area (Å²) in [5.74, 6) is 1.61. The average Bonchev–Trinajstić information content (AvgIpc) is 2.83. The zero-order chi connectivity index (χ0) is 22.9. The van der Waals surface area contributed by atoms with E-state index in [2.05, 4.69) is 6.07 Å². The first-order valence-electron chi connectivity index (χ1n) is 9.84. The standard InChI is InChI=1S/C26H23NO5/c1-29-21-11-8-18(9-12-21)16-26(28)32-24-13-10-19(15-25(24)31-3)14-20(17-27)22-6-4-5-7-23(22)30-2/h4-15H,16H2,1-3H3/b20-14-. The lowest BCUT2D eigenvalue weighted by atomic mass is 10.0. The van der Waals surface area contributed by atoms with E-state index in [-0.39, 0.29) is 6.42 Å². The summed E-state index contributed by atoms with van der Waals surface area (Å²) in [5, 5.41) is 9.65. The first-order chi connectivity index (χ1) is 15.6. The quantitative estimate of drug-likeness (QED) is 0.219. The van der Waals surface area contributed by atoms with Gasteiger partial charge in [0.05, 0.1) is 39.4 Å². The molecule has 0 saturated heterocycles. The molecule has 0 radical (unpaired) electrons. The lowest BCUT2D eigenvalue weighted by Gasteiger charge is -2.11. The Kier molecular flexibility index (Phi) is 7.50. The minimum atomic E-state index is -0.413. The van der Waals surface area contributed by atoms with E-state index in [0.717, 1.165) is 16.9 Å². The monoisotopic (exact) mass is 429 g/mol. The van der Waals surface area contributed by atoms with Gasteiger partial charge in [0.25, 0.3) is 0 Å². The topological polar surface area (TPSA) is 77.8 Å². The SMILES string of the molecule is COc1ccc(CC(=O)Oc2ccc(/C=C(/C#N)c3ccccc3OC)cc2OC)cc1. The van der Waals surface area contributed by atoms with Gasteiger partial charge in [0.2, 0.25) is 0 Å². The number of nitrogens with zero attached hydrogens (tertiary/aromatic N) is 1. The van der Waals surface area contributed by atoms with Gasteiger partial charge >= 0.3 is 5.97 Å². The van der Waals surface area contributed by atoms with Crippen LogP contribution >= 0.6 is 0 Å². The number of para-hydroxylation sites is 1. The molecule has 3 rings (SSSR count). The van der Waals surface area contributed by atoms with Crippen molar-refractivity contribution in [1.29, 1.82) is 5.26 Å². The zero-order valence-electron chi connectivity index (χ0n) is 18.1. The van der Waals surface area contributed by atoms with Crippen LogP contribution < -0.4 is 18.9 Å². The summed E-state index contributed by atoms with van der Waals surface area (Å²) in [6.45, 7) is 0. The van der Waals surface area contributed by atoms with E-state index in [1.807, 2.05) is 30.3 Å². The summed E-state index contributed by atoms with van der Waals surface area (Å²) in [7, 11) is 4.64. The highest BCUT2D eigenvalue weighted by Crippen LogP contribution is 2.32. The summed E-state index contributed by atoms with van der Waals surface area (Å²) in [6.07, 6.45) is 1.84. The first kappa shape index (κ1) is 22.4. The first-order valence-corrected chi connectivity index (χ1v) is 9.84. The predicted octanol–water partition coefficient (Wildman–Crippen LogP) is 4.92. The summed E-state index contributed by atoms with van der Waals surface area (Å²) < 4.78 is 21.4. The van der Waals surface area contributed by atoms with Gasteiger partial charge < -0.3 is 18.9 Å². The van der Waals surface area contributed by atoms with Crippen LogP contribution in [0.3, 0.4) is 0 Å². The summed E-state index contributed by atoms with van der Waals surface area (Å²) in [5.41, 5.74) is 2.66. The molecule has 0 N–H and O–H groups in total. The number of hydrogen-bond donors (Lipinski definition) is 0. The van der Waals surface area contributed by atoms with Crippen LogP contribution in [0, 0.1) is 11.3 Å². The van der Waals surface area contributed by atoms with Gasteiger partial charge in [0.15, 0.2) is 11.5 Å². The Labute approximate surface area is 187 Å². The van der Waals surface area contributed by atoms with Crippen molar-refractivity contribution >= 4 is 17.6 Å². The highest BCUT2D eigenvalue weighted by atomic mass is 16.6. The number of allylic oxidation sites excluding steroid dienone is 1. The molecular formula is C26H23NO5. The van der Waals surface area contributed by atoms with Crippen molar-refractivity contribution in [2.75, 3.05) is 21.3 Å². The third-order valence-electron chi connectivity index (χ3n) is 4.75. The van der Waals surface area contributed by atoms with E-state index in [1.165, 1.54) is 7.11 Å². The molecule has 0 spiro atoms. The van der Waals surface area contributed by atoms with Crippen molar-refractivity contribution in [3.63, 3.8) is 0 Å². The van der Waals surface area contributed by atoms with Crippen molar-refractivity contribution < 1.29 is 23.7 Å². The van der Waals surface area contributed by atoms with Crippen LogP contribution in [0.25, 0.3) is 11.6 Å². The van der Waals surface area contributed by atoms with E-state index in [1.54, 1.807) is 56.7 Å². The smallest absolute Gasteiger partial charge is 0.315 e. The van der Waals surface area contributed by atoms with E-state index in [4.69, 9.17) is 18.9 Å². The fraction of sp³-hybridized carbons (Fsp3) is 0.154. The molecule has 0 bridgehead atoms. The van der Waals surface area contributed by atoms with Gasteiger partial charge in [-0.1, -0.05) is 30.3 Å². The predicted molar refractivity (Wildman–Crippen MR) is 122 cm³/mol. The Morgan fingerprint density at radius 2 is 1.59 bits per heavy atom. The summed E-state index contributed by atoms with van der Waals surface area (Å²) in [6, 6.07) is 21.8. The number of carbonyl (C=O) groups excluding carboxylic acids is 1. The van der Waals surface area contributed by atoms with Crippen LogP contribution in [-0.4, -0.2) is 27.3 Å². The van der Waals surface area contributed by atoms with Gasteiger partial charge in [0.1, 0.15) is 11.5 Å². The van der Waals surface area contributed by atoms with E-state index in [9.17, 15) is 10.1 Å². The maximum Gasteiger partial charge on any atom is 0.315 e. The molecule has 0 aromatic heterocycles. The molecule has 0 atom stereocenters. The molecule has 0 aliphatic heterocycles. The number of benzene rings is 3. The number of ether oxygens (including phenoxy) is 4. The Balaban J connectivity index is 1.79. The number of hydrogen-bond acceptors (Lipinski definition) is 6. The fourth-order valence-corrected chi connectivity index (χ4v) is 3.13. The number of methoxy groups -OCH3 is 3. The third kappa shape index (κ3) is 5.46. The van der Waals surface area contributed by atoms with Gasteiger partial charge in [-0.3, -0.25) is 4.79 Å². The molecule has 3 aromatic carbocycles. The van der Waals surface area contributed by atoms with E-state index >= 15 is 0 Å². The molecule has 0 unspecified atom stereocenters. The molecule has 0 fully saturated rings. The Morgan fingerprint density at radius 1 is 0.875 bits per heavy atom. The second kappa shape index (κ2) is 10.7. The van der Waals surface area contributed by atoms with Crippen LogP contribution in [0.15, 0.2) is 66.7 Å². The molecule has 6 heteroatoms. The fourth-order valence-electron chi connectivity index (χ4n) is 3.13. The lowest BCUT2D eigenvalue weighted by molar-refractivity contribution is -0.133. The maximum atomic E-state index is 12.4. The van der Waals surface area contributed by atoms with E-state index in [0.29, 0.717) is 28.4 Å². The minimum absolute atomic E-state index is 0.112. The normalized spacial score (nSPS) is 10.8. The molecule has 32 heavy (non-hydrogen) atoms. The van der Waals surface area contributed by atoms with Crippen molar-refractivity contribution in [3.05, 3.63) is 83.4 Å². The Hall–Kier alpha value is -4.24. The number of rotatable bonds is 8. The average molecular weight is 429 g/mol. The molecule has 0 heterocycles. The zero-order valence-corrected chi connectivity index (χ0v) is 18.1. The number of esters is 1. The molecule has 6 nitrogen and oxygen atoms in total. The summed E-state index contributed by atoms with van der Waals surface area (Å²) in [4.78, 5) is 12.4. The second-order valence-corrected chi connectivity index (χ2v) is 6.78. The molecule has 0 aliphatic rings.